The van der Waals surface area contributed by atoms with Crippen LogP contribution in [0.4, 0.5) is 4.79 Å². The number of alkyl carbamates (subject to hydrolysis) is 1. The number of hydrogen-bond donors (Lipinski definition) is 4. The van der Waals surface area contributed by atoms with Gasteiger partial charge in [-0.3, -0.25) is 9.59 Å². The Bertz CT molecular complexity index is 839. The lowest BCUT2D eigenvalue weighted by Crippen LogP contribution is -2.55. The molecule has 0 bridgehead atoms. The Morgan fingerprint density at radius 2 is 1.65 bits per heavy atom. The molecule has 190 valence electrons. The third kappa shape index (κ3) is 11.2. The van der Waals surface area contributed by atoms with Crippen molar-refractivity contribution in [2.75, 3.05) is 6.61 Å². The topological polar surface area (TPSA) is 134 Å². The highest BCUT2D eigenvalue weighted by atomic mass is 16.6. The zero-order chi connectivity index (χ0) is 25.9. The standard InChI is InChI=1S/C25H38N2O7/c1-24(2,3)19(15-28)26-22(31)21(27-23(32)34-25(4,5)6)18(29)13-10-14-20(30)33-16-17-11-8-7-9-12-17/h7-9,11-13,19,21,28-29H,10,14-16H2,1-6H3,(H,26,31)(H,27,32)/t19-,21+/m1/s1. The second-order valence-electron chi connectivity index (χ2n) is 10.0. The van der Waals surface area contributed by atoms with Crippen LogP contribution in [0.25, 0.3) is 0 Å². The van der Waals surface area contributed by atoms with E-state index in [9.17, 15) is 24.6 Å². The largest absolute Gasteiger partial charge is 0.510 e. The van der Waals surface area contributed by atoms with Gasteiger partial charge in [-0.2, -0.15) is 0 Å². The summed E-state index contributed by atoms with van der Waals surface area (Å²) in [4.78, 5) is 37.1. The van der Waals surface area contributed by atoms with E-state index in [1.165, 1.54) is 6.08 Å². The molecule has 1 aromatic rings. The van der Waals surface area contributed by atoms with Crippen LogP contribution < -0.4 is 10.6 Å². The molecule has 9 nitrogen and oxygen atoms in total. The van der Waals surface area contributed by atoms with E-state index in [1.54, 1.807) is 20.8 Å². The fourth-order valence-electron chi connectivity index (χ4n) is 2.76. The molecule has 1 aromatic carbocycles. The van der Waals surface area contributed by atoms with E-state index in [0.717, 1.165) is 5.56 Å². The summed E-state index contributed by atoms with van der Waals surface area (Å²) in [5.41, 5.74) is -0.431. The van der Waals surface area contributed by atoms with Crippen LogP contribution in [-0.2, 0) is 25.7 Å². The summed E-state index contributed by atoms with van der Waals surface area (Å²) in [6.45, 7) is 10.3. The molecular weight excluding hydrogens is 440 g/mol. The Morgan fingerprint density at radius 3 is 2.18 bits per heavy atom. The molecule has 34 heavy (non-hydrogen) atoms. The van der Waals surface area contributed by atoms with Crippen LogP contribution in [0.3, 0.4) is 0 Å². The van der Waals surface area contributed by atoms with Crippen molar-refractivity contribution < 1.29 is 34.1 Å². The van der Waals surface area contributed by atoms with Gasteiger partial charge in [0.2, 0.25) is 0 Å². The molecule has 0 aromatic heterocycles. The molecule has 2 atom stereocenters. The van der Waals surface area contributed by atoms with Crippen molar-refractivity contribution in [2.45, 2.75) is 78.7 Å². The fraction of sp³-hybridized carbons (Fsp3) is 0.560. The maximum Gasteiger partial charge on any atom is 0.408 e. The first-order valence-electron chi connectivity index (χ1n) is 11.2. The van der Waals surface area contributed by atoms with Crippen molar-refractivity contribution in [3.63, 3.8) is 0 Å². The second-order valence-corrected chi connectivity index (χ2v) is 10.0. The Hall–Kier alpha value is -3.07. The van der Waals surface area contributed by atoms with Crippen LogP contribution in [0.5, 0.6) is 0 Å². The van der Waals surface area contributed by atoms with Crippen molar-refractivity contribution >= 4 is 18.0 Å². The maximum absolute atomic E-state index is 12.9. The molecule has 0 spiro atoms. The average Bonchev–Trinajstić information content (AvgIpc) is 2.72. The highest BCUT2D eigenvalue weighted by Crippen LogP contribution is 2.19. The average molecular weight is 479 g/mol. The third-order valence-electron chi connectivity index (χ3n) is 4.71. The Kier molecular flexibility index (Phi) is 11.1. The summed E-state index contributed by atoms with van der Waals surface area (Å²) in [5.74, 6) is -1.65. The predicted molar refractivity (Wildman–Crippen MR) is 128 cm³/mol. The summed E-state index contributed by atoms with van der Waals surface area (Å²) >= 11 is 0. The summed E-state index contributed by atoms with van der Waals surface area (Å²) in [7, 11) is 0. The number of aliphatic hydroxyl groups is 2. The molecular formula is C25H38N2O7. The van der Waals surface area contributed by atoms with Crippen LogP contribution >= 0.6 is 0 Å². The summed E-state index contributed by atoms with van der Waals surface area (Å²) in [5, 5.41) is 25.2. The first-order chi connectivity index (χ1) is 15.7. The van der Waals surface area contributed by atoms with Gasteiger partial charge in [0, 0.05) is 6.42 Å². The second kappa shape index (κ2) is 13.0. The van der Waals surface area contributed by atoms with E-state index >= 15 is 0 Å². The first kappa shape index (κ1) is 29.0. The van der Waals surface area contributed by atoms with E-state index in [2.05, 4.69) is 10.6 Å². The van der Waals surface area contributed by atoms with Crippen molar-refractivity contribution in [2.24, 2.45) is 5.41 Å². The van der Waals surface area contributed by atoms with Gasteiger partial charge in [0.1, 0.15) is 18.0 Å². The molecule has 0 radical (unpaired) electrons. The Labute approximate surface area is 201 Å². The number of carbonyl (C=O) groups is 3. The molecule has 0 heterocycles. The molecule has 0 saturated carbocycles. The van der Waals surface area contributed by atoms with Gasteiger partial charge in [0.05, 0.1) is 12.6 Å². The molecule has 0 saturated heterocycles. The molecule has 2 amide bonds. The molecule has 0 aliphatic carbocycles. The summed E-state index contributed by atoms with van der Waals surface area (Å²) in [6.07, 6.45) is 0.434. The number of nitrogens with one attached hydrogen (secondary N) is 2. The predicted octanol–water partition coefficient (Wildman–Crippen LogP) is 3.37. The Morgan fingerprint density at radius 1 is 1.03 bits per heavy atom. The molecule has 0 aliphatic rings. The van der Waals surface area contributed by atoms with Gasteiger partial charge >= 0.3 is 12.1 Å². The molecule has 1 rings (SSSR count). The SMILES string of the molecule is CC(C)(C)OC(=O)N[C@H](C(=O)N[C@H](CO)C(C)(C)C)C(O)=CCCC(=O)OCc1ccccc1. The van der Waals surface area contributed by atoms with Gasteiger partial charge in [-0.15, -0.1) is 0 Å². The lowest BCUT2D eigenvalue weighted by Gasteiger charge is -2.31. The molecule has 0 unspecified atom stereocenters. The first-order valence-corrected chi connectivity index (χ1v) is 11.2. The van der Waals surface area contributed by atoms with Gasteiger partial charge in [0.25, 0.3) is 5.91 Å². The van der Waals surface area contributed by atoms with Crippen LogP contribution in [0.2, 0.25) is 0 Å². The summed E-state index contributed by atoms with van der Waals surface area (Å²) < 4.78 is 10.4. The van der Waals surface area contributed by atoms with Gasteiger partial charge < -0.3 is 30.3 Å². The maximum atomic E-state index is 12.9. The number of carbonyl (C=O) groups excluding carboxylic acids is 3. The van der Waals surface area contributed by atoms with Gasteiger partial charge in [-0.1, -0.05) is 51.1 Å². The minimum absolute atomic E-state index is 0.0288. The quantitative estimate of drug-likeness (QED) is 0.299. The molecule has 0 fully saturated rings. The molecule has 0 aliphatic heterocycles. The van der Waals surface area contributed by atoms with Gasteiger partial charge in [-0.25, -0.2) is 4.79 Å². The van der Waals surface area contributed by atoms with E-state index in [-0.39, 0.29) is 26.1 Å². The smallest absolute Gasteiger partial charge is 0.408 e. The van der Waals surface area contributed by atoms with E-state index in [1.807, 2.05) is 51.1 Å². The number of benzene rings is 1. The fourth-order valence-corrected chi connectivity index (χ4v) is 2.76. The van der Waals surface area contributed by atoms with Crippen LogP contribution in [0.1, 0.15) is 59.9 Å². The van der Waals surface area contributed by atoms with Crippen molar-refractivity contribution in [3.05, 3.63) is 47.7 Å². The number of rotatable bonds is 10. The van der Waals surface area contributed by atoms with Crippen LogP contribution in [-0.4, -0.2) is 52.5 Å². The number of aliphatic hydroxyl groups excluding tert-OH is 2. The lowest BCUT2D eigenvalue weighted by atomic mass is 9.87. The van der Waals surface area contributed by atoms with E-state index < -0.39 is 46.8 Å². The zero-order valence-corrected chi connectivity index (χ0v) is 20.9. The summed E-state index contributed by atoms with van der Waals surface area (Å²) in [6, 6.07) is 7.13. The van der Waals surface area contributed by atoms with Crippen molar-refractivity contribution in [1.82, 2.24) is 10.6 Å². The highest BCUT2D eigenvalue weighted by Gasteiger charge is 2.32. The normalized spacial score (nSPS) is 14.0. The lowest BCUT2D eigenvalue weighted by molar-refractivity contribution is -0.144. The third-order valence-corrected chi connectivity index (χ3v) is 4.71. The highest BCUT2D eigenvalue weighted by molar-refractivity contribution is 5.88. The van der Waals surface area contributed by atoms with Crippen LogP contribution in [0.15, 0.2) is 42.2 Å². The minimum atomic E-state index is -1.47. The number of amides is 2. The number of esters is 1. The number of ether oxygens (including phenoxy) is 2. The van der Waals surface area contributed by atoms with E-state index in [4.69, 9.17) is 9.47 Å². The van der Waals surface area contributed by atoms with Gasteiger partial charge in [-0.05, 0) is 44.2 Å². The minimum Gasteiger partial charge on any atom is -0.510 e. The molecule has 9 heteroatoms. The Balaban J connectivity index is 2.83. The number of allylic oxidation sites excluding steroid dienone is 1. The van der Waals surface area contributed by atoms with Crippen LogP contribution in [0, 0.1) is 5.41 Å². The van der Waals surface area contributed by atoms with E-state index in [0.29, 0.717) is 0 Å². The van der Waals surface area contributed by atoms with Gasteiger partial charge in [0.15, 0.2) is 6.04 Å². The van der Waals surface area contributed by atoms with Crippen molar-refractivity contribution in [3.8, 4) is 0 Å². The zero-order valence-electron chi connectivity index (χ0n) is 20.9. The number of hydrogen-bond acceptors (Lipinski definition) is 7. The van der Waals surface area contributed by atoms with Crippen molar-refractivity contribution in [1.29, 1.82) is 0 Å². The molecule has 4 N–H and O–H groups in total. The monoisotopic (exact) mass is 478 g/mol.